The van der Waals surface area contributed by atoms with Crippen LogP contribution in [0, 0.1) is 20.8 Å². The van der Waals surface area contributed by atoms with Crippen molar-refractivity contribution >= 4 is 34.5 Å². The maximum atomic E-state index is 12.9. The lowest BCUT2D eigenvalue weighted by Gasteiger charge is -2.06. The predicted octanol–water partition coefficient (Wildman–Crippen LogP) is 6.15. The third-order valence-corrected chi connectivity index (χ3v) is 6.71. The smallest absolute Gasteiger partial charge is 0.267 e. The number of anilines is 1. The molecule has 33 heavy (non-hydrogen) atoms. The van der Waals surface area contributed by atoms with E-state index in [1.165, 1.54) is 11.3 Å². The summed E-state index contributed by atoms with van der Waals surface area (Å²) in [6, 6.07) is 15.2. The first kappa shape index (κ1) is 23.0. The summed E-state index contributed by atoms with van der Waals surface area (Å²) in [5, 5.41) is 9.04. The Balaban J connectivity index is 1.55. The minimum absolute atomic E-state index is 0.191. The highest BCUT2D eigenvalue weighted by Gasteiger charge is 2.20. The second kappa shape index (κ2) is 9.77. The van der Waals surface area contributed by atoms with Crippen LogP contribution in [0.3, 0.4) is 0 Å². The van der Waals surface area contributed by atoms with Gasteiger partial charge in [0.1, 0.15) is 10.6 Å². The first-order valence-corrected chi connectivity index (χ1v) is 11.9. The highest BCUT2D eigenvalue weighted by atomic mass is 35.5. The van der Waals surface area contributed by atoms with E-state index in [1.807, 2.05) is 80.9 Å². The number of ether oxygens (including phenoxy) is 1. The molecule has 2 heterocycles. The van der Waals surface area contributed by atoms with Gasteiger partial charge in [0.15, 0.2) is 0 Å². The van der Waals surface area contributed by atoms with Crippen molar-refractivity contribution in [1.82, 2.24) is 14.8 Å². The van der Waals surface area contributed by atoms with Crippen molar-refractivity contribution in [2.45, 2.75) is 34.1 Å². The summed E-state index contributed by atoms with van der Waals surface area (Å²) in [6.45, 7) is 8.40. The monoisotopic (exact) mass is 480 g/mol. The average molecular weight is 481 g/mol. The topological polar surface area (TPSA) is 69.0 Å². The number of hydrogen-bond acceptors (Lipinski definition) is 5. The van der Waals surface area contributed by atoms with Crippen LogP contribution in [0.2, 0.25) is 5.02 Å². The van der Waals surface area contributed by atoms with Crippen LogP contribution in [0.5, 0.6) is 5.75 Å². The number of thiazole rings is 1. The Morgan fingerprint density at radius 3 is 2.42 bits per heavy atom. The first-order valence-electron chi connectivity index (χ1n) is 10.7. The van der Waals surface area contributed by atoms with Gasteiger partial charge in [0.05, 0.1) is 18.0 Å². The average Bonchev–Trinajstić information content (AvgIpc) is 3.31. The van der Waals surface area contributed by atoms with E-state index in [4.69, 9.17) is 21.4 Å². The van der Waals surface area contributed by atoms with E-state index in [1.54, 1.807) is 0 Å². The van der Waals surface area contributed by atoms with Crippen LogP contribution >= 0.6 is 22.9 Å². The Labute approximate surface area is 202 Å². The number of benzene rings is 2. The number of carbonyl (C=O) groups is 1. The van der Waals surface area contributed by atoms with E-state index in [0.29, 0.717) is 28.0 Å². The SMILES string of the molecule is CCOc1ccc(NC(=O)c2sc(-n3nc(C)c(Cc4ccc(Cl)cc4)c3C)nc2C)cc1. The lowest BCUT2D eigenvalue weighted by molar-refractivity contribution is 0.103. The molecule has 0 bridgehead atoms. The van der Waals surface area contributed by atoms with Gasteiger partial charge in [-0.1, -0.05) is 35.1 Å². The number of nitrogens with zero attached hydrogens (tertiary/aromatic N) is 3. The van der Waals surface area contributed by atoms with E-state index < -0.39 is 0 Å². The fraction of sp³-hybridized carbons (Fsp3) is 0.240. The fourth-order valence-corrected chi connectivity index (χ4v) is 4.69. The number of nitrogens with one attached hydrogen (secondary N) is 1. The van der Waals surface area contributed by atoms with Crippen LogP contribution in [0.1, 0.15) is 44.8 Å². The quantitative estimate of drug-likeness (QED) is 0.344. The Kier molecular flexibility index (Phi) is 6.81. The number of aryl methyl sites for hydroxylation is 2. The number of aromatic nitrogens is 3. The molecule has 0 fully saturated rings. The van der Waals surface area contributed by atoms with Gasteiger partial charge in [-0.15, -0.1) is 0 Å². The molecule has 2 aromatic heterocycles. The van der Waals surface area contributed by atoms with Gasteiger partial charge >= 0.3 is 0 Å². The lowest BCUT2D eigenvalue weighted by atomic mass is 10.0. The molecule has 4 aromatic rings. The molecule has 8 heteroatoms. The molecule has 0 aliphatic rings. The summed E-state index contributed by atoms with van der Waals surface area (Å²) in [5.41, 5.74) is 5.63. The molecule has 1 N–H and O–H groups in total. The molecule has 0 aliphatic heterocycles. The zero-order valence-electron chi connectivity index (χ0n) is 19.0. The van der Waals surface area contributed by atoms with Crippen LogP contribution in [0.15, 0.2) is 48.5 Å². The molecule has 6 nitrogen and oxygen atoms in total. The third kappa shape index (κ3) is 5.10. The second-order valence-corrected chi connectivity index (χ2v) is 9.10. The largest absolute Gasteiger partial charge is 0.494 e. The molecular formula is C25H25ClN4O2S. The predicted molar refractivity (Wildman–Crippen MR) is 133 cm³/mol. The van der Waals surface area contributed by atoms with Gasteiger partial charge in [0, 0.05) is 28.4 Å². The second-order valence-electron chi connectivity index (χ2n) is 7.69. The maximum Gasteiger partial charge on any atom is 0.267 e. The van der Waals surface area contributed by atoms with Crippen LogP contribution in [0.4, 0.5) is 5.69 Å². The summed E-state index contributed by atoms with van der Waals surface area (Å²) in [5.74, 6) is 0.578. The lowest BCUT2D eigenvalue weighted by Crippen LogP contribution is -2.11. The number of amides is 1. The molecule has 0 unspecified atom stereocenters. The van der Waals surface area contributed by atoms with Gasteiger partial charge in [0.25, 0.3) is 5.91 Å². The summed E-state index contributed by atoms with van der Waals surface area (Å²) in [7, 11) is 0. The van der Waals surface area contributed by atoms with Crippen molar-refractivity contribution in [3.05, 3.63) is 86.6 Å². The van der Waals surface area contributed by atoms with Crippen LogP contribution in [-0.4, -0.2) is 27.3 Å². The van der Waals surface area contributed by atoms with Crippen LogP contribution < -0.4 is 10.1 Å². The third-order valence-electron chi connectivity index (χ3n) is 5.33. The van der Waals surface area contributed by atoms with Crippen LogP contribution in [0.25, 0.3) is 5.13 Å². The highest BCUT2D eigenvalue weighted by molar-refractivity contribution is 7.16. The molecule has 2 aromatic carbocycles. The summed E-state index contributed by atoms with van der Waals surface area (Å²) in [6.07, 6.45) is 0.754. The van der Waals surface area contributed by atoms with Gasteiger partial charge in [-0.2, -0.15) is 5.10 Å². The molecule has 0 saturated heterocycles. The van der Waals surface area contributed by atoms with Gasteiger partial charge < -0.3 is 10.1 Å². The Bertz CT molecular complexity index is 1280. The maximum absolute atomic E-state index is 12.9. The van der Waals surface area contributed by atoms with Crippen molar-refractivity contribution in [2.24, 2.45) is 0 Å². The summed E-state index contributed by atoms with van der Waals surface area (Å²) < 4.78 is 7.28. The van der Waals surface area contributed by atoms with E-state index >= 15 is 0 Å². The van der Waals surface area contributed by atoms with Gasteiger partial charge in [-0.05, 0) is 69.7 Å². The fourth-order valence-electron chi connectivity index (χ4n) is 3.60. The van der Waals surface area contributed by atoms with Crippen molar-refractivity contribution in [1.29, 1.82) is 0 Å². The molecule has 0 saturated carbocycles. The van der Waals surface area contributed by atoms with Gasteiger partial charge in [-0.3, -0.25) is 4.79 Å². The van der Waals surface area contributed by atoms with E-state index in [9.17, 15) is 4.79 Å². The highest BCUT2D eigenvalue weighted by Crippen LogP contribution is 2.27. The minimum atomic E-state index is -0.191. The molecule has 1 amide bonds. The molecule has 0 aliphatic carbocycles. The number of carbonyl (C=O) groups excluding carboxylic acids is 1. The zero-order chi connectivity index (χ0) is 23.5. The van der Waals surface area contributed by atoms with E-state index in [2.05, 4.69) is 10.3 Å². The molecule has 0 radical (unpaired) electrons. The number of hydrogen-bond donors (Lipinski definition) is 1. The Morgan fingerprint density at radius 1 is 1.06 bits per heavy atom. The normalized spacial score (nSPS) is 10.9. The minimum Gasteiger partial charge on any atom is -0.494 e. The van der Waals surface area contributed by atoms with E-state index in [0.717, 1.165) is 39.7 Å². The molecule has 0 spiro atoms. The standard InChI is InChI=1S/C25H25ClN4O2S/c1-5-32-21-12-10-20(11-13-21)28-24(31)23-16(3)27-25(33-23)30-17(4)22(15(2)29-30)14-18-6-8-19(26)9-7-18/h6-13H,5,14H2,1-4H3,(H,28,31). The van der Waals surface area contributed by atoms with Gasteiger partial charge in [0.2, 0.25) is 5.13 Å². The number of halogens is 1. The first-order chi connectivity index (χ1) is 15.9. The van der Waals surface area contributed by atoms with Crippen molar-refractivity contribution in [3.8, 4) is 10.9 Å². The summed E-state index contributed by atoms with van der Waals surface area (Å²) >= 11 is 7.34. The molecular weight excluding hydrogens is 456 g/mol. The number of rotatable bonds is 7. The van der Waals surface area contributed by atoms with Crippen molar-refractivity contribution in [2.75, 3.05) is 11.9 Å². The Hall–Kier alpha value is -3.16. The zero-order valence-corrected chi connectivity index (χ0v) is 20.5. The van der Waals surface area contributed by atoms with E-state index in [-0.39, 0.29) is 5.91 Å². The van der Waals surface area contributed by atoms with Crippen molar-refractivity contribution < 1.29 is 9.53 Å². The molecule has 170 valence electrons. The van der Waals surface area contributed by atoms with Gasteiger partial charge in [-0.25, -0.2) is 9.67 Å². The summed E-state index contributed by atoms with van der Waals surface area (Å²) in [4.78, 5) is 18.1. The van der Waals surface area contributed by atoms with Crippen molar-refractivity contribution in [3.63, 3.8) is 0 Å². The van der Waals surface area contributed by atoms with Crippen LogP contribution in [-0.2, 0) is 6.42 Å². The molecule has 0 atom stereocenters. The molecule has 4 rings (SSSR count). The Morgan fingerprint density at radius 2 is 1.76 bits per heavy atom.